The highest BCUT2D eigenvalue weighted by Crippen LogP contribution is 2.29. The first-order valence-electron chi connectivity index (χ1n) is 6.50. The van der Waals surface area contributed by atoms with Crippen LogP contribution < -0.4 is 5.73 Å². The van der Waals surface area contributed by atoms with E-state index in [1.165, 1.54) is 32.4 Å². The van der Waals surface area contributed by atoms with E-state index >= 15 is 0 Å². The molecule has 1 unspecified atom stereocenters. The van der Waals surface area contributed by atoms with Crippen LogP contribution in [0, 0.1) is 17.2 Å². The smallest absolute Gasteiger partial charge is 0.101 e. The van der Waals surface area contributed by atoms with E-state index in [2.05, 4.69) is 17.9 Å². The summed E-state index contributed by atoms with van der Waals surface area (Å²) in [5, 5.41) is 8.83. The Morgan fingerprint density at radius 3 is 2.62 bits per heavy atom. The zero-order valence-electron chi connectivity index (χ0n) is 10.7. The highest BCUT2D eigenvalue weighted by atomic mass is 15.1. The van der Waals surface area contributed by atoms with Gasteiger partial charge in [0, 0.05) is 6.54 Å². The molecule has 1 aliphatic carbocycles. The molecule has 1 atom stereocenters. The molecule has 0 bridgehead atoms. The van der Waals surface area contributed by atoms with Crippen LogP contribution in [0.5, 0.6) is 0 Å². The molecule has 1 saturated carbocycles. The van der Waals surface area contributed by atoms with Crippen molar-refractivity contribution in [1.29, 1.82) is 5.26 Å². The molecule has 92 valence electrons. The maximum absolute atomic E-state index is 8.83. The summed E-state index contributed by atoms with van der Waals surface area (Å²) in [7, 11) is 0. The largest absolute Gasteiger partial charge is 0.314 e. The van der Waals surface area contributed by atoms with Gasteiger partial charge in [0.2, 0.25) is 0 Å². The van der Waals surface area contributed by atoms with Crippen molar-refractivity contribution in [2.75, 3.05) is 19.6 Å². The Balaban J connectivity index is 2.18. The van der Waals surface area contributed by atoms with E-state index in [0.29, 0.717) is 0 Å². The summed E-state index contributed by atoms with van der Waals surface area (Å²) < 4.78 is 0. The summed E-state index contributed by atoms with van der Waals surface area (Å²) in [6.45, 7) is 7.57. The third-order valence-corrected chi connectivity index (χ3v) is 3.18. The molecular weight excluding hydrogens is 198 g/mol. The third kappa shape index (κ3) is 5.48. The van der Waals surface area contributed by atoms with Gasteiger partial charge in [-0.05, 0) is 58.0 Å². The van der Waals surface area contributed by atoms with Crippen LogP contribution in [0.4, 0.5) is 0 Å². The van der Waals surface area contributed by atoms with Crippen LogP contribution in [0.2, 0.25) is 0 Å². The zero-order valence-corrected chi connectivity index (χ0v) is 10.7. The van der Waals surface area contributed by atoms with Gasteiger partial charge >= 0.3 is 0 Å². The predicted octanol–water partition coefficient (Wildman–Crippen LogP) is 2.13. The molecule has 0 aliphatic heterocycles. The van der Waals surface area contributed by atoms with Gasteiger partial charge in [0.15, 0.2) is 0 Å². The van der Waals surface area contributed by atoms with Crippen molar-refractivity contribution in [3.05, 3.63) is 0 Å². The van der Waals surface area contributed by atoms with Gasteiger partial charge < -0.3 is 10.6 Å². The number of nitrogens with zero attached hydrogens (tertiary/aromatic N) is 2. The topological polar surface area (TPSA) is 53.0 Å². The van der Waals surface area contributed by atoms with Gasteiger partial charge in [-0.25, -0.2) is 0 Å². The molecule has 0 aromatic heterocycles. The first kappa shape index (κ1) is 13.5. The fourth-order valence-corrected chi connectivity index (χ4v) is 2.00. The van der Waals surface area contributed by atoms with Gasteiger partial charge in [0.1, 0.15) is 5.54 Å². The monoisotopic (exact) mass is 223 g/mol. The maximum Gasteiger partial charge on any atom is 0.101 e. The second kappa shape index (κ2) is 6.22. The Labute approximate surface area is 99.6 Å². The molecule has 0 aromatic carbocycles. The van der Waals surface area contributed by atoms with Crippen molar-refractivity contribution in [3.63, 3.8) is 0 Å². The number of hydrogen-bond acceptors (Lipinski definition) is 3. The second-order valence-electron chi connectivity index (χ2n) is 5.38. The van der Waals surface area contributed by atoms with Crippen LogP contribution in [0.15, 0.2) is 0 Å². The van der Waals surface area contributed by atoms with Crippen LogP contribution in [0.3, 0.4) is 0 Å². The zero-order chi connectivity index (χ0) is 12.0. The van der Waals surface area contributed by atoms with E-state index in [-0.39, 0.29) is 0 Å². The molecule has 3 nitrogen and oxygen atoms in total. The standard InChI is InChI=1S/C13H25N3/c1-3-8-16(10-12-5-6-12)9-4-7-13(2,15)11-14/h12H,3-10,15H2,1-2H3. The molecule has 0 spiro atoms. The van der Waals surface area contributed by atoms with Crippen LogP contribution >= 0.6 is 0 Å². The average Bonchev–Trinajstić information content (AvgIpc) is 3.02. The van der Waals surface area contributed by atoms with Gasteiger partial charge in [-0.2, -0.15) is 5.26 Å². The number of nitriles is 1. The minimum atomic E-state index is -0.641. The fourth-order valence-electron chi connectivity index (χ4n) is 2.00. The molecule has 2 N–H and O–H groups in total. The summed E-state index contributed by atoms with van der Waals surface area (Å²) in [6.07, 6.45) is 5.87. The Morgan fingerprint density at radius 2 is 2.12 bits per heavy atom. The quantitative estimate of drug-likeness (QED) is 0.686. The van der Waals surface area contributed by atoms with Crippen molar-refractivity contribution in [2.45, 2.75) is 51.5 Å². The molecular formula is C13H25N3. The molecule has 1 aliphatic rings. The SMILES string of the molecule is CCCN(CCCC(C)(N)C#N)CC1CC1. The number of hydrogen-bond donors (Lipinski definition) is 1. The normalized spacial score (nSPS) is 19.4. The molecule has 1 fully saturated rings. The lowest BCUT2D eigenvalue weighted by molar-refractivity contribution is 0.253. The highest BCUT2D eigenvalue weighted by Gasteiger charge is 2.24. The summed E-state index contributed by atoms with van der Waals surface area (Å²) in [6, 6.07) is 2.16. The molecule has 3 heteroatoms. The van der Waals surface area contributed by atoms with Gasteiger partial charge in [-0.1, -0.05) is 6.92 Å². The molecule has 0 heterocycles. The van der Waals surface area contributed by atoms with E-state index in [0.717, 1.165) is 25.3 Å². The minimum absolute atomic E-state index is 0.641. The van der Waals surface area contributed by atoms with E-state index in [1.54, 1.807) is 0 Å². The van der Waals surface area contributed by atoms with Gasteiger partial charge in [-0.3, -0.25) is 0 Å². The van der Waals surface area contributed by atoms with Crippen molar-refractivity contribution in [3.8, 4) is 6.07 Å². The molecule has 0 aromatic rings. The van der Waals surface area contributed by atoms with Crippen molar-refractivity contribution in [2.24, 2.45) is 11.7 Å². The Morgan fingerprint density at radius 1 is 1.44 bits per heavy atom. The molecule has 16 heavy (non-hydrogen) atoms. The Bertz CT molecular complexity index is 238. The number of nitrogens with two attached hydrogens (primary N) is 1. The van der Waals surface area contributed by atoms with Crippen LogP contribution in [0.1, 0.15) is 46.0 Å². The van der Waals surface area contributed by atoms with Crippen LogP contribution in [-0.4, -0.2) is 30.1 Å². The lowest BCUT2D eigenvalue weighted by Crippen LogP contribution is -2.36. The van der Waals surface area contributed by atoms with Gasteiger partial charge in [0.25, 0.3) is 0 Å². The Hall–Kier alpha value is -0.590. The van der Waals surface area contributed by atoms with E-state index < -0.39 is 5.54 Å². The predicted molar refractivity (Wildman–Crippen MR) is 66.9 cm³/mol. The second-order valence-corrected chi connectivity index (χ2v) is 5.38. The van der Waals surface area contributed by atoms with E-state index in [9.17, 15) is 0 Å². The third-order valence-electron chi connectivity index (χ3n) is 3.18. The molecule has 0 radical (unpaired) electrons. The first-order valence-corrected chi connectivity index (χ1v) is 6.50. The first-order chi connectivity index (χ1) is 7.57. The van der Waals surface area contributed by atoms with Crippen molar-refractivity contribution >= 4 is 0 Å². The minimum Gasteiger partial charge on any atom is -0.314 e. The average molecular weight is 223 g/mol. The van der Waals surface area contributed by atoms with E-state index in [1.807, 2.05) is 6.92 Å². The lowest BCUT2D eigenvalue weighted by Gasteiger charge is -2.23. The molecule has 0 saturated heterocycles. The van der Waals surface area contributed by atoms with Crippen LogP contribution in [-0.2, 0) is 0 Å². The maximum atomic E-state index is 8.83. The summed E-state index contributed by atoms with van der Waals surface area (Å²) in [4.78, 5) is 2.53. The fraction of sp³-hybridized carbons (Fsp3) is 0.923. The summed E-state index contributed by atoms with van der Waals surface area (Å²) >= 11 is 0. The highest BCUT2D eigenvalue weighted by molar-refractivity contribution is 5.00. The van der Waals surface area contributed by atoms with Crippen LogP contribution in [0.25, 0.3) is 0 Å². The summed E-state index contributed by atoms with van der Waals surface area (Å²) in [5.74, 6) is 0.951. The van der Waals surface area contributed by atoms with E-state index in [4.69, 9.17) is 11.0 Å². The number of rotatable bonds is 8. The van der Waals surface area contributed by atoms with Crippen molar-refractivity contribution in [1.82, 2.24) is 4.90 Å². The lowest BCUT2D eigenvalue weighted by atomic mass is 9.99. The molecule has 0 amide bonds. The van der Waals surface area contributed by atoms with Gasteiger partial charge in [-0.15, -0.1) is 0 Å². The molecule has 1 rings (SSSR count). The Kier molecular flexibility index (Phi) is 5.24. The van der Waals surface area contributed by atoms with Gasteiger partial charge in [0.05, 0.1) is 6.07 Å². The summed E-state index contributed by atoms with van der Waals surface area (Å²) in [5.41, 5.74) is 5.17. The van der Waals surface area contributed by atoms with Crippen molar-refractivity contribution < 1.29 is 0 Å².